The molecule has 2 aromatic rings. The number of hydrogen-bond acceptors (Lipinski definition) is 2. The van der Waals surface area contributed by atoms with Gasteiger partial charge < -0.3 is 0 Å². The number of hydrogen-bond donors (Lipinski definition) is 0. The van der Waals surface area contributed by atoms with E-state index in [4.69, 9.17) is 0 Å². The Labute approximate surface area is 111 Å². The summed E-state index contributed by atoms with van der Waals surface area (Å²) in [5.74, 6) is 0. The normalized spacial score (nSPS) is 10.6. The van der Waals surface area contributed by atoms with Gasteiger partial charge in [0.15, 0.2) is 0 Å². The number of aliphatic imine (C=N–C) groups is 2. The minimum Gasteiger partial charge on any atom is -0.255 e. The van der Waals surface area contributed by atoms with Gasteiger partial charge in [0.1, 0.15) is 0 Å². The summed E-state index contributed by atoms with van der Waals surface area (Å²) in [6.45, 7) is 0. The summed E-state index contributed by atoms with van der Waals surface area (Å²) in [7, 11) is 0. The van der Waals surface area contributed by atoms with Crippen LogP contribution in [0.5, 0.6) is 0 Å². The summed E-state index contributed by atoms with van der Waals surface area (Å²) in [6.07, 6.45) is 3.39. The molecule has 0 amide bonds. The molecule has 0 saturated carbocycles. The molecule has 0 aliphatic rings. The number of benzene rings is 2. The molecule has 2 rings (SSSR count). The third-order valence-corrected chi connectivity index (χ3v) is 2.03. The largest absolute Gasteiger partial charge is 0.255 e. The SMILES string of the molecule is C(C=Nc1ccccc1)=Nc1ccccc1.[Ni]. The van der Waals surface area contributed by atoms with E-state index >= 15 is 0 Å². The Hall–Kier alpha value is -1.73. The first-order valence-corrected chi connectivity index (χ1v) is 5.12. The van der Waals surface area contributed by atoms with Crippen LogP contribution in [0.25, 0.3) is 0 Å². The van der Waals surface area contributed by atoms with Crippen LogP contribution in [0.3, 0.4) is 0 Å². The monoisotopic (exact) mass is 266 g/mol. The Morgan fingerprint density at radius 2 is 0.941 bits per heavy atom. The maximum Gasteiger partial charge on any atom is 0.0630 e. The van der Waals surface area contributed by atoms with Crippen LogP contribution < -0.4 is 0 Å². The van der Waals surface area contributed by atoms with Crippen molar-refractivity contribution in [3.63, 3.8) is 0 Å². The molecule has 0 heterocycles. The molecule has 0 fully saturated rings. The average Bonchev–Trinajstić information content (AvgIpc) is 2.37. The molecule has 0 saturated heterocycles. The molecule has 0 aliphatic heterocycles. The zero-order valence-electron chi connectivity index (χ0n) is 9.14. The Morgan fingerprint density at radius 1 is 0.588 bits per heavy atom. The van der Waals surface area contributed by atoms with Crippen LogP contribution in [0.15, 0.2) is 70.6 Å². The Bertz CT molecular complexity index is 431. The molecule has 0 unspecified atom stereocenters. The molecule has 3 heteroatoms. The fraction of sp³-hybridized carbons (Fsp3) is 0. The quantitative estimate of drug-likeness (QED) is 0.597. The van der Waals surface area contributed by atoms with Crippen molar-refractivity contribution in [1.29, 1.82) is 0 Å². The molecule has 0 spiro atoms. The van der Waals surface area contributed by atoms with E-state index in [0.717, 1.165) is 11.4 Å². The van der Waals surface area contributed by atoms with Crippen molar-refractivity contribution in [1.82, 2.24) is 0 Å². The van der Waals surface area contributed by atoms with E-state index in [-0.39, 0.29) is 16.5 Å². The predicted molar refractivity (Wildman–Crippen MR) is 69.2 cm³/mol. The molecule has 0 N–H and O–H groups in total. The van der Waals surface area contributed by atoms with Gasteiger partial charge in [-0.2, -0.15) is 0 Å². The summed E-state index contributed by atoms with van der Waals surface area (Å²) >= 11 is 0. The van der Waals surface area contributed by atoms with Gasteiger partial charge in [0.25, 0.3) is 0 Å². The van der Waals surface area contributed by atoms with Gasteiger partial charge >= 0.3 is 0 Å². The summed E-state index contributed by atoms with van der Waals surface area (Å²) < 4.78 is 0. The first kappa shape index (κ1) is 13.3. The molecular formula is C14H12N2Ni. The van der Waals surface area contributed by atoms with Crippen LogP contribution in [0.4, 0.5) is 11.4 Å². The van der Waals surface area contributed by atoms with Crippen LogP contribution in [0.1, 0.15) is 0 Å². The van der Waals surface area contributed by atoms with Gasteiger partial charge in [0.2, 0.25) is 0 Å². The van der Waals surface area contributed by atoms with Crippen molar-refractivity contribution in [2.24, 2.45) is 9.98 Å². The molecule has 2 aromatic carbocycles. The summed E-state index contributed by atoms with van der Waals surface area (Å²) in [5.41, 5.74) is 1.86. The minimum absolute atomic E-state index is 0. The van der Waals surface area contributed by atoms with E-state index in [9.17, 15) is 0 Å². The van der Waals surface area contributed by atoms with Gasteiger partial charge in [-0.05, 0) is 24.3 Å². The summed E-state index contributed by atoms with van der Waals surface area (Å²) in [5, 5.41) is 0. The number of nitrogens with zero attached hydrogens (tertiary/aromatic N) is 2. The zero-order chi connectivity index (χ0) is 11.1. The van der Waals surface area contributed by atoms with Crippen LogP contribution in [-0.2, 0) is 16.5 Å². The smallest absolute Gasteiger partial charge is 0.0630 e. The van der Waals surface area contributed by atoms with Gasteiger partial charge in [0, 0.05) is 28.9 Å². The second-order valence-corrected chi connectivity index (χ2v) is 3.23. The van der Waals surface area contributed by atoms with Crippen LogP contribution >= 0.6 is 0 Å². The van der Waals surface area contributed by atoms with Gasteiger partial charge in [0.05, 0.1) is 11.4 Å². The molecule has 0 bridgehead atoms. The molecular weight excluding hydrogens is 255 g/mol. The van der Waals surface area contributed by atoms with Crippen molar-refractivity contribution in [3.8, 4) is 0 Å². The molecule has 0 aliphatic carbocycles. The topological polar surface area (TPSA) is 24.7 Å². The van der Waals surface area contributed by atoms with E-state index in [1.54, 1.807) is 12.4 Å². The average molecular weight is 267 g/mol. The molecule has 0 aromatic heterocycles. The van der Waals surface area contributed by atoms with Crippen LogP contribution in [0, 0.1) is 0 Å². The standard InChI is InChI=1S/C14H12N2.Ni/c1-3-7-13(8-4-1)15-11-12-16-14-9-5-2-6-10-14;/h1-12H;. The van der Waals surface area contributed by atoms with Gasteiger partial charge in [-0.15, -0.1) is 0 Å². The Kier molecular flexibility index (Phi) is 5.91. The van der Waals surface area contributed by atoms with Crippen molar-refractivity contribution >= 4 is 23.8 Å². The van der Waals surface area contributed by atoms with Crippen molar-refractivity contribution < 1.29 is 16.5 Å². The predicted octanol–water partition coefficient (Wildman–Crippen LogP) is 3.79. The number of para-hydroxylation sites is 2. The molecule has 0 radical (unpaired) electrons. The van der Waals surface area contributed by atoms with E-state index in [1.165, 1.54) is 0 Å². The van der Waals surface area contributed by atoms with Crippen molar-refractivity contribution in [2.45, 2.75) is 0 Å². The van der Waals surface area contributed by atoms with Crippen LogP contribution in [0.2, 0.25) is 0 Å². The van der Waals surface area contributed by atoms with E-state index in [1.807, 2.05) is 60.7 Å². The van der Waals surface area contributed by atoms with Gasteiger partial charge in [-0.1, -0.05) is 36.4 Å². The van der Waals surface area contributed by atoms with E-state index in [2.05, 4.69) is 9.98 Å². The summed E-state index contributed by atoms with van der Waals surface area (Å²) in [4.78, 5) is 8.49. The number of rotatable bonds is 3. The fourth-order valence-electron chi connectivity index (χ4n) is 1.27. The molecule has 17 heavy (non-hydrogen) atoms. The first-order valence-electron chi connectivity index (χ1n) is 5.12. The Morgan fingerprint density at radius 3 is 1.29 bits per heavy atom. The third-order valence-electron chi connectivity index (χ3n) is 2.03. The van der Waals surface area contributed by atoms with E-state index in [0.29, 0.717) is 0 Å². The second kappa shape index (κ2) is 7.53. The fourth-order valence-corrected chi connectivity index (χ4v) is 1.27. The molecule has 2 nitrogen and oxygen atoms in total. The van der Waals surface area contributed by atoms with Crippen LogP contribution in [-0.4, -0.2) is 12.4 Å². The molecule has 0 atom stereocenters. The van der Waals surface area contributed by atoms with E-state index < -0.39 is 0 Å². The maximum atomic E-state index is 4.25. The summed E-state index contributed by atoms with van der Waals surface area (Å²) in [6, 6.07) is 19.6. The van der Waals surface area contributed by atoms with Gasteiger partial charge in [-0.25, -0.2) is 0 Å². The minimum atomic E-state index is 0. The first-order chi connectivity index (χ1) is 7.95. The zero-order valence-corrected chi connectivity index (χ0v) is 10.1. The Balaban J connectivity index is 0.00000144. The van der Waals surface area contributed by atoms with Gasteiger partial charge in [-0.3, -0.25) is 9.98 Å². The molecule has 88 valence electrons. The maximum absolute atomic E-state index is 4.25. The van der Waals surface area contributed by atoms with Crippen molar-refractivity contribution in [3.05, 3.63) is 60.7 Å². The third kappa shape index (κ3) is 4.75. The van der Waals surface area contributed by atoms with Crippen molar-refractivity contribution in [2.75, 3.05) is 0 Å². The second-order valence-electron chi connectivity index (χ2n) is 3.23.